The maximum absolute atomic E-state index is 10.9. The van der Waals surface area contributed by atoms with E-state index in [4.69, 9.17) is 5.11 Å². The first-order valence-electron chi connectivity index (χ1n) is 4.69. The summed E-state index contributed by atoms with van der Waals surface area (Å²) in [6.07, 6.45) is 0.361. The van der Waals surface area contributed by atoms with Crippen molar-refractivity contribution in [2.45, 2.75) is 32.7 Å². The Bertz CT molecular complexity index is 251. The Morgan fingerprint density at radius 2 is 1.87 bits per heavy atom. The molecule has 0 heterocycles. The highest BCUT2D eigenvalue weighted by atomic mass is 16.5. The van der Waals surface area contributed by atoms with Gasteiger partial charge in [-0.25, -0.2) is 4.79 Å². The summed E-state index contributed by atoms with van der Waals surface area (Å²) in [7, 11) is 0. The molecule has 0 radical (unpaired) electrons. The number of hydrogen-bond donors (Lipinski definition) is 2. The van der Waals surface area contributed by atoms with Crippen LogP contribution >= 0.6 is 0 Å². The number of carbonyl (C=O) groups is 3. The van der Waals surface area contributed by atoms with E-state index in [2.05, 4.69) is 10.1 Å². The van der Waals surface area contributed by atoms with Gasteiger partial charge in [-0.1, -0.05) is 13.8 Å². The van der Waals surface area contributed by atoms with Gasteiger partial charge in [-0.15, -0.1) is 0 Å². The zero-order chi connectivity index (χ0) is 11.8. The van der Waals surface area contributed by atoms with E-state index in [1.807, 2.05) is 0 Å². The second kappa shape index (κ2) is 6.80. The Morgan fingerprint density at radius 1 is 1.27 bits per heavy atom. The summed E-state index contributed by atoms with van der Waals surface area (Å²) in [5.74, 6) is -2.11. The van der Waals surface area contributed by atoms with Gasteiger partial charge in [0.05, 0.1) is 0 Å². The van der Waals surface area contributed by atoms with Crippen LogP contribution in [0.1, 0.15) is 26.7 Å². The third-order valence-electron chi connectivity index (χ3n) is 1.65. The Morgan fingerprint density at radius 3 is 2.27 bits per heavy atom. The van der Waals surface area contributed by atoms with Gasteiger partial charge in [0.15, 0.2) is 6.04 Å². The number of amides is 1. The highest BCUT2D eigenvalue weighted by Gasteiger charge is 2.20. The lowest BCUT2D eigenvalue weighted by molar-refractivity contribution is -0.150. The molecule has 0 aromatic rings. The molecule has 0 saturated carbocycles. The van der Waals surface area contributed by atoms with Gasteiger partial charge in [0.25, 0.3) is 0 Å². The van der Waals surface area contributed by atoms with E-state index in [0.29, 0.717) is 0 Å². The van der Waals surface area contributed by atoms with Crippen molar-refractivity contribution in [3.05, 3.63) is 0 Å². The number of carboxylic acids is 1. The molecular weight excluding hydrogens is 202 g/mol. The lowest BCUT2D eigenvalue weighted by Gasteiger charge is -2.13. The smallest absolute Gasteiger partial charge is 0.329 e. The van der Waals surface area contributed by atoms with E-state index < -0.39 is 23.9 Å². The number of rotatable bonds is 6. The molecule has 1 amide bonds. The van der Waals surface area contributed by atoms with Crippen molar-refractivity contribution in [3.63, 3.8) is 0 Å². The molecule has 1 unspecified atom stereocenters. The third-order valence-corrected chi connectivity index (χ3v) is 1.65. The second-order valence-corrected chi connectivity index (χ2v) is 2.85. The molecular formula is C9H15NO5. The number of hydrogen-bond acceptors (Lipinski definition) is 4. The minimum atomic E-state index is -1.22. The highest BCUT2D eigenvalue weighted by molar-refractivity contribution is 5.83. The van der Waals surface area contributed by atoms with E-state index in [-0.39, 0.29) is 19.4 Å². The molecule has 2 N–H and O–H groups in total. The van der Waals surface area contributed by atoms with Gasteiger partial charge in [-0.05, 0) is 0 Å². The highest BCUT2D eigenvalue weighted by Crippen LogP contribution is 1.91. The van der Waals surface area contributed by atoms with Gasteiger partial charge < -0.3 is 15.2 Å². The van der Waals surface area contributed by atoms with Gasteiger partial charge in [-0.2, -0.15) is 0 Å². The molecule has 0 aromatic carbocycles. The number of carbonyl (C=O) groups excluding carboxylic acids is 2. The lowest BCUT2D eigenvalue weighted by Crippen LogP contribution is -2.44. The Balaban J connectivity index is 4.11. The van der Waals surface area contributed by atoms with Crippen LogP contribution in [-0.4, -0.2) is 35.6 Å². The van der Waals surface area contributed by atoms with Crippen molar-refractivity contribution in [2.75, 3.05) is 6.61 Å². The first-order valence-corrected chi connectivity index (χ1v) is 4.69. The van der Waals surface area contributed by atoms with Crippen molar-refractivity contribution in [2.24, 2.45) is 0 Å². The fraction of sp³-hybridized carbons (Fsp3) is 0.667. The van der Waals surface area contributed by atoms with Crippen LogP contribution in [0.4, 0.5) is 0 Å². The van der Waals surface area contributed by atoms with Crippen molar-refractivity contribution in [1.82, 2.24) is 5.32 Å². The number of esters is 1. The molecule has 86 valence electrons. The minimum absolute atomic E-state index is 0.175. The fourth-order valence-electron chi connectivity index (χ4n) is 0.749. The Labute approximate surface area is 87.6 Å². The van der Waals surface area contributed by atoms with Crippen LogP contribution in [0.15, 0.2) is 0 Å². The van der Waals surface area contributed by atoms with Crippen molar-refractivity contribution in [3.8, 4) is 0 Å². The zero-order valence-corrected chi connectivity index (χ0v) is 8.78. The summed E-state index contributed by atoms with van der Waals surface area (Å²) in [5.41, 5.74) is 0. The lowest BCUT2D eigenvalue weighted by atomic mass is 10.3. The van der Waals surface area contributed by atoms with Crippen LogP contribution in [0.2, 0.25) is 0 Å². The summed E-state index contributed by atoms with van der Waals surface area (Å²) in [6, 6.07) is -1.17. The summed E-state index contributed by atoms with van der Waals surface area (Å²) in [4.78, 5) is 32.3. The van der Waals surface area contributed by atoms with E-state index >= 15 is 0 Å². The second-order valence-electron chi connectivity index (χ2n) is 2.85. The van der Waals surface area contributed by atoms with E-state index in [1.165, 1.54) is 0 Å². The molecule has 1 atom stereocenters. The predicted octanol–water partition coefficient (Wildman–Crippen LogP) is -0.0810. The van der Waals surface area contributed by atoms with Crippen LogP contribution in [0, 0.1) is 0 Å². The maximum atomic E-state index is 10.9. The molecule has 0 aliphatic carbocycles. The first kappa shape index (κ1) is 13.4. The Hall–Kier alpha value is -1.59. The van der Waals surface area contributed by atoms with Gasteiger partial charge in [0, 0.05) is 12.8 Å². The molecule has 0 bridgehead atoms. The van der Waals surface area contributed by atoms with Crippen molar-refractivity contribution >= 4 is 17.8 Å². The zero-order valence-electron chi connectivity index (χ0n) is 8.78. The molecule has 15 heavy (non-hydrogen) atoms. The van der Waals surface area contributed by atoms with Crippen LogP contribution < -0.4 is 5.32 Å². The SMILES string of the molecule is CCC(=O)NC(COC(=O)CC)C(=O)O. The van der Waals surface area contributed by atoms with Gasteiger partial charge >= 0.3 is 11.9 Å². The first-order chi connectivity index (χ1) is 7.01. The molecule has 0 aromatic heterocycles. The van der Waals surface area contributed by atoms with Crippen LogP contribution in [0.5, 0.6) is 0 Å². The van der Waals surface area contributed by atoms with E-state index in [0.717, 1.165) is 0 Å². The molecule has 0 fully saturated rings. The normalized spacial score (nSPS) is 11.6. The third kappa shape index (κ3) is 5.66. The monoisotopic (exact) mass is 217 g/mol. The van der Waals surface area contributed by atoms with Crippen LogP contribution in [0.3, 0.4) is 0 Å². The summed E-state index contributed by atoms with van der Waals surface area (Å²) in [5, 5.41) is 10.9. The summed E-state index contributed by atoms with van der Waals surface area (Å²) >= 11 is 0. The van der Waals surface area contributed by atoms with Crippen LogP contribution in [-0.2, 0) is 19.1 Å². The molecule has 6 nitrogen and oxygen atoms in total. The summed E-state index contributed by atoms with van der Waals surface area (Å²) in [6.45, 7) is 2.86. The van der Waals surface area contributed by atoms with E-state index in [9.17, 15) is 14.4 Å². The number of carboxylic acid groups (broad SMARTS) is 1. The molecule has 6 heteroatoms. The molecule has 0 rings (SSSR count). The quantitative estimate of drug-likeness (QED) is 0.607. The largest absolute Gasteiger partial charge is 0.480 e. The van der Waals surface area contributed by atoms with Crippen LogP contribution in [0.25, 0.3) is 0 Å². The number of aliphatic carboxylic acids is 1. The van der Waals surface area contributed by atoms with Crippen molar-refractivity contribution < 1.29 is 24.2 Å². The van der Waals surface area contributed by atoms with Gasteiger partial charge in [0.1, 0.15) is 6.61 Å². The van der Waals surface area contributed by atoms with Gasteiger partial charge in [-0.3, -0.25) is 9.59 Å². The predicted molar refractivity (Wildman–Crippen MR) is 51.1 cm³/mol. The van der Waals surface area contributed by atoms with Crippen molar-refractivity contribution in [1.29, 1.82) is 0 Å². The number of nitrogens with one attached hydrogen (secondary N) is 1. The molecule has 0 aliphatic heterocycles. The Kier molecular flexibility index (Phi) is 6.08. The molecule has 0 saturated heterocycles. The van der Waals surface area contributed by atoms with E-state index in [1.54, 1.807) is 13.8 Å². The van der Waals surface area contributed by atoms with Gasteiger partial charge in [0.2, 0.25) is 5.91 Å². The number of ether oxygens (including phenoxy) is 1. The standard InChI is InChI=1S/C9H15NO5/c1-3-7(11)10-6(9(13)14)5-15-8(12)4-2/h6H,3-5H2,1-2H3,(H,10,11)(H,13,14). The minimum Gasteiger partial charge on any atom is -0.480 e. The average molecular weight is 217 g/mol. The molecule has 0 aliphatic rings. The summed E-state index contributed by atoms with van der Waals surface area (Å²) < 4.78 is 4.63. The maximum Gasteiger partial charge on any atom is 0.329 e. The fourth-order valence-corrected chi connectivity index (χ4v) is 0.749. The molecule has 0 spiro atoms. The average Bonchev–Trinajstić information content (AvgIpc) is 2.22. The topological polar surface area (TPSA) is 92.7 Å².